The van der Waals surface area contributed by atoms with E-state index in [1.807, 2.05) is 0 Å². The molecule has 12 heteroatoms. The summed E-state index contributed by atoms with van der Waals surface area (Å²) in [5.74, 6) is 0.368. The molecule has 0 radical (unpaired) electrons. The van der Waals surface area contributed by atoms with Crippen molar-refractivity contribution in [3.63, 3.8) is 0 Å². The van der Waals surface area contributed by atoms with Crippen LogP contribution < -0.4 is 9.47 Å². The molecule has 0 saturated carbocycles. The lowest BCUT2D eigenvalue weighted by molar-refractivity contribution is 0.125. The van der Waals surface area contributed by atoms with Crippen molar-refractivity contribution in [2.75, 3.05) is 30.6 Å². The van der Waals surface area contributed by atoms with Crippen LogP contribution in [0.25, 0.3) is 0 Å². The molecule has 7 nitrogen and oxygen atoms in total. The van der Waals surface area contributed by atoms with Gasteiger partial charge in [0.15, 0.2) is 15.6 Å². The van der Waals surface area contributed by atoms with Crippen LogP contribution in [0.1, 0.15) is 13.3 Å². The van der Waals surface area contributed by atoms with Crippen molar-refractivity contribution in [1.29, 1.82) is 0 Å². The summed E-state index contributed by atoms with van der Waals surface area (Å²) in [5.41, 5.74) is 0. The van der Waals surface area contributed by atoms with Gasteiger partial charge in [0.25, 0.3) is 0 Å². The van der Waals surface area contributed by atoms with Crippen LogP contribution in [0.3, 0.4) is 0 Å². The zero-order chi connectivity index (χ0) is 23.9. The molecule has 2 aromatic carbocycles. The van der Waals surface area contributed by atoms with Gasteiger partial charge in [-0.3, -0.25) is 0 Å². The molecule has 0 spiro atoms. The van der Waals surface area contributed by atoms with Crippen molar-refractivity contribution < 1.29 is 31.4 Å². The van der Waals surface area contributed by atoms with E-state index in [1.54, 1.807) is 0 Å². The SMILES string of the molecule is CCS(=O)(=O)C[C@@H](O)COc1ccc(S(=O)(=O)c2cc(Cl)c(OCCCCl)c(Cl)c2)cc1. The lowest BCUT2D eigenvalue weighted by atomic mass is 10.3. The van der Waals surface area contributed by atoms with E-state index < -0.39 is 31.5 Å². The van der Waals surface area contributed by atoms with Gasteiger partial charge >= 0.3 is 0 Å². The van der Waals surface area contributed by atoms with Crippen molar-refractivity contribution in [3.8, 4) is 11.5 Å². The maximum absolute atomic E-state index is 13.0. The minimum absolute atomic E-state index is 0.0260. The molecule has 0 aliphatic rings. The van der Waals surface area contributed by atoms with Gasteiger partial charge in [-0.25, -0.2) is 16.8 Å². The highest BCUT2D eigenvalue weighted by Gasteiger charge is 2.22. The van der Waals surface area contributed by atoms with Crippen molar-refractivity contribution in [3.05, 3.63) is 46.4 Å². The molecule has 0 aliphatic carbocycles. The summed E-state index contributed by atoms with van der Waals surface area (Å²) in [4.78, 5) is -0.132. The fourth-order valence-corrected chi connectivity index (χ4v) is 5.63. The van der Waals surface area contributed by atoms with Gasteiger partial charge in [-0.15, -0.1) is 11.6 Å². The second-order valence-corrected chi connectivity index (χ2v) is 12.3. The summed E-state index contributed by atoms with van der Waals surface area (Å²) in [5, 5.41) is 9.92. The Kier molecular flexibility index (Phi) is 9.93. The van der Waals surface area contributed by atoms with Crippen LogP contribution in [-0.2, 0) is 19.7 Å². The molecule has 0 fully saturated rings. The van der Waals surface area contributed by atoms with Crippen LogP contribution in [0.15, 0.2) is 46.2 Å². The Labute approximate surface area is 203 Å². The molecule has 2 aromatic rings. The predicted octanol–water partition coefficient (Wildman–Crippen LogP) is 4.01. The zero-order valence-corrected chi connectivity index (χ0v) is 21.0. The third-order valence-electron chi connectivity index (χ3n) is 4.27. The van der Waals surface area contributed by atoms with Gasteiger partial charge in [0, 0.05) is 11.6 Å². The van der Waals surface area contributed by atoms with Gasteiger partial charge in [0.1, 0.15) is 18.5 Å². The number of ether oxygens (including phenoxy) is 2. The number of benzene rings is 2. The van der Waals surface area contributed by atoms with Gasteiger partial charge in [-0.05, 0) is 42.8 Å². The first kappa shape index (κ1) is 27.0. The Morgan fingerprint density at radius 1 is 0.969 bits per heavy atom. The summed E-state index contributed by atoms with van der Waals surface area (Å²) < 4.78 is 59.8. The molecular formula is C20H23Cl3O7S2. The van der Waals surface area contributed by atoms with E-state index in [4.69, 9.17) is 44.3 Å². The molecule has 0 unspecified atom stereocenters. The van der Waals surface area contributed by atoms with Crippen molar-refractivity contribution in [2.24, 2.45) is 0 Å². The third kappa shape index (κ3) is 7.40. The van der Waals surface area contributed by atoms with Crippen LogP contribution in [-0.4, -0.2) is 58.6 Å². The largest absolute Gasteiger partial charge is 0.491 e. The molecule has 178 valence electrons. The van der Waals surface area contributed by atoms with E-state index in [1.165, 1.54) is 43.3 Å². The number of hydrogen-bond donors (Lipinski definition) is 1. The van der Waals surface area contributed by atoms with E-state index in [0.717, 1.165) is 0 Å². The van der Waals surface area contributed by atoms with E-state index in [0.29, 0.717) is 12.3 Å². The van der Waals surface area contributed by atoms with Gasteiger partial charge in [-0.2, -0.15) is 0 Å². The highest BCUT2D eigenvalue weighted by Crippen LogP contribution is 2.37. The average Bonchev–Trinajstić information content (AvgIpc) is 2.74. The molecule has 0 bridgehead atoms. The highest BCUT2D eigenvalue weighted by atomic mass is 35.5. The van der Waals surface area contributed by atoms with Crippen molar-refractivity contribution in [1.82, 2.24) is 0 Å². The number of aliphatic hydroxyl groups is 1. The van der Waals surface area contributed by atoms with E-state index in [2.05, 4.69) is 0 Å². The molecule has 0 aliphatic heterocycles. The molecule has 32 heavy (non-hydrogen) atoms. The molecule has 1 atom stereocenters. The highest BCUT2D eigenvalue weighted by molar-refractivity contribution is 7.91. The van der Waals surface area contributed by atoms with Gasteiger partial charge in [0.2, 0.25) is 9.84 Å². The van der Waals surface area contributed by atoms with Gasteiger partial charge in [0.05, 0.1) is 32.2 Å². The Balaban J connectivity index is 2.13. The topological polar surface area (TPSA) is 107 Å². The van der Waals surface area contributed by atoms with Crippen LogP contribution in [0.2, 0.25) is 10.0 Å². The van der Waals surface area contributed by atoms with Gasteiger partial charge in [-0.1, -0.05) is 30.1 Å². The molecular weight excluding hydrogens is 523 g/mol. The quantitative estimate of drug-likeness (QED) is 0.317. The Morgan fingerprint density at radius 2 is 1.56 bits per heavy atom. The number of sulfone groups is 2. The second-order valence-electron chi connectivity index (χ2n) is 6.75. The normalized spacial score (nSPS) is 13.0. The molecule has 2 rings (SSSR count). The Hall–Kier alpha value is -1.23. The van der Waals surface area contributed by atoms with Crippen molar-refractivity contribution in [2.45, 2.75) is 29.2 Å². The molecule has 0 heterocycles. The first-order valence-electron chi connectivity index (χ1n) is 9.54. The number of rotatable bonds is 12. The van der Waals surface area contributed by atoms with E-state index in [-0.39, 0.29) is 50.3 Å². The minimum atomic E-state index is -3.93. The maximum Gasteiger partial charge on any atom is 0.206 e. The molecule has 1 N–H and O–H groups in total. The summed E-state index contributed by atoms with van der Waals surface area (Å²) in [6, 6.07) is 7.97. The van der Waals surface area contributed by atoms with Crippen LogP contribution in [0, 0.1) is 0 Å². The Morgan fingerprint density at radius 3 is 2.09 bits per heavy atom. The fraction of sp³-hybridized carbons (Fsp3) is 0.400. The number of aliphatic hydroxyl groups excluding tert-OH is 1. The summed E-state index contributed by atoms with van der Waals surface area (Å²) in [6.45, 7) is 1.53. The summed E-state index contributed by atoms with van der Waals surface area (Å²) >= 11 is 17.9. The fourth-order valence-electron chi connectivity index (χ4n) is 2.56. The predicted molar refractivity (Wildman–Crippen MR) is 125 cm³/mol. The summed E-state index contributed by atoms with van der Waals surface area (Å²) in [7, 11) is -7.27. The molecule has 0 saturated heterocycles. The Bertz CT molecular complexity index is 1100. The second kappa shape index (κ2) is 11.8. The average molecular weight is 546 g/mol. The van der Waals surface area contributed by atoms with E-state index in [9.17, 15) is 21.9 Å². The minimum Gasteiger partial charge on any atom is -0.491 e. The monoisotopic (exact) mass is 544 g/mol. The standard InChI is InChI=1S/C20H23Cl3O7S2/c1-2-31(25,26)13-14(24)12-30-15-4-6-16(7-5-15)32(27,28)17-10-18(22)20(19(23)11-17)29-9-3-8-21/h4-7,10-11,14,24H,2-3,8-9,12-13H2,1H3/t14-/m0/s1. The lowest BCUT2D eigenvalue weighted by Crippen LogP contribution is -2.27. The first-order valence-corrected chi connectivity index (χ1v) is 14.1. The first-order chi connectivity index (χ1) is 15.0. The zero-order valence-electron chi connectivity index (χ0n) is 17.1. The molecule has 0 amide bonds. The van der Waals surface area contributed by atoms with Crippen LogP contribution in [0.5, 0.6) is 11.5 Å². The van der Waals surface area contributed by atoms with Crippen LogP contribution in [0.4, 0.5) is 0 Å². The third-order valence-corrected chi connectivity index (χ3v) is 8.62. The van der Waals surface area contributed by atoms with E-state index >= 15 is 0 Å². The van der Waals surface area contributed by atoms with Crippen LogP contribution >= 0.6 is 34.8 Å². The maximum atomic E-state index is 13.0. The van der Waals surface area contributed by atoms with Gasteiger partial charge < -0.3 is 14.6 Å². The summed E-state index contributed by atoms with van der Waals surface area (Å²) in [6.07, 6.45) is -0.619. The number of hydrogen-bond acceptors (Lipinski definition) is 7. The lowest BCUT2D eigenvalue weighted by Gasteiger charge is -2.13. The molecule has 0 aromatic heterocycles. The van der Waals surface area contributed by atoms with Crippen molar-refractivity contribution >= 4 is 54.5 Å². The number of halogens is 3. The smallest absolute Gasteiger partial charge is 0.206 e. The number of alkyl halides is 1.